The van der Waals surface area contributed by atoms with Crippen molar-refractivity contribution in [2.24, 2.45) is 0 Å². The third-order valence-electron chi connectivity index (χ3n) is 3.22. The van der Waals surface area contributed by atoms with Crippen molar-refractivity contribution < 1.29 is 18.8 Å². The number of halogens is 1. The minimum Gasteiger partial charge on any atom is -0.481 e. The highest BCUT2D eigenvalue weighted by atomic mass is 19.1. The lowest BCUT2D eigenvalue weighted by atomic mass is 10.1. The molecule has 1 heterocycles. The number of rotatable bonds is 5. The number of aromatic nitrogens is 2. The minimum atomic E-state index is -0.712. The van der Waals surface area contributed by atoms with E-state index in [0.717, 1.165) is 12.8 Å². The van der Waals surface area contributed by atoms with Crippen LogP contribution in [0.2, 0.25) is 0 Å². The second-order valence-corrected chi connectivity index (χ2v) is 4.98. The third-order valence-corrected chi connectivity index (χ3v) is 3.22. The first-order chi connectivity index (χ1) is 9.63. The first-order valence-corrected chi connectivity index (χ1v) is 6.56. The molecule has 0 saturated heterocycles. The highest BCUT2D eigenvalue weighted by Crippen LogP contribution is 2.38. The van der Waals surface area contributed by atoms with E-state index in [0.29, 0.717) is 23.2 Å². The number of hydrogen-bond donors (Lipinski definition) is 1. The molecule has 3 rings (SSSR count). The molecule has 1 atom stereocenters. The van der Waals surface area contributed by atoms with E-state index in [9.17, 15) is 9.50 Å². The summed E-state index contributed by atoms with van der Waals surface area (Å²) in [6.45, 7) is 1.61. The van der Waals surface area contributed by atoms with E-state index in [1.54, 1.807) is 13.0 Å². The Hall–Kier alpha value is -1.95. The summed E-state index contributed by atoms with van der Waals surface area (Å²) >= 11 is 0. The van der Waals surface area contributed by atoms with Crippen LogP contribution in [0.25, 0.3) is 0 Å². The second kappa shape index (κ2) is 5.20. The number of benzene rings is 1. The van der Waals surface area contributed by atoms with Gasteiger partial charge in [0, 0.05) is 5.92 Å². The molecule has 1 unspecified atom stereocenters. The zero-order valence-electron chi connectivity index (χ0n) is 11.0. The van der Waals surface area contributed by atoms with Crippen molar-refractivity contribution >= 4 is 0 Å². The summed E-state index contributed by atoms with van der Waals surface area (Å²) in [5, 5.41) is 13.2. The average Bonchev–Trinajstić information content (AvgIpc) is 3.17. The van der Waals surface area contributed by atoms with Crippen LogP contribution in [0, 0.1) is 5.82 Å². The van der Waals surface area contributed by atoms with Gasteiger partial charge in [-0.1, -0.05) is 11.2 Å². The standard InChI is InChI=1S/C14H15FN2O3/c1-8(18)10-4-5-12(11(15)6-10)19-7-13-16-14(17-20-13)9-2-3-9/h4-6,8-9,18H,2-3,7H2,1H3. The van der Waals surface area contributed by atoms with E-state index in [4.69, 9.17) is 9.26 Å². The van der Waals surface area contributed by atoms with Gasteiger partial charge in [0.15, 0.2) is 24.0 Å². The van der Waals surface area contributed by atoms with E-state index in [2.05, 4.69) is 10.1 Å². The van der Waals surface area contributed by atoms with Crippen molar-refractivity contribution in [3.8, 4) is 5.75 Å². The summed E-state index contributed by atoms with van der Waals surface area (Å²) < 4.78 is 24.1. The van der Waals surface area contributed by atoms with Gasteiger partial charge in [0.05, 0.1) is 6.10 Å². The van der Waals surface area contributed by atoms with Gasteiger partial charge in [0.1, 0.15) is 0 Å². The van der Waals surface area contributed by atoms with Gasteiger partial charge in [-0.3, -0.25) is 0 Å². The molecule has 0 radical (unpaired) electrons. The molecule has 1 aromatic heterocycles. The van der Waals surface area contributed by atoms with E-state index in [1.165, 1.54) is 12.1 Å². The quantitative estimate of drug-likeness (QED) is 0.910. The minimum absolute atomic E-state index is 0.0324. The largest absolute Gasteiger partial charge is 0.481 e. The molecule has 20 heavy (non-hydrogen) atoms. The Labute approximate surface area is 115 Å². The van der Waals surface area contributed by atoms with Gasteiger partial charge in [0.2, 0.25) is 0 Å². The van der Waals surface area contributed by atoms with Gasteiger partial charge in [-0.25, -0.2) is 4.39 Å². The van der Waals surface area contributed by atoms with Crippen LogP contribution in [-0.2, 0) is 6.61 Å². The lowest BCUT2D eigenvalue weighted by Gasteiger charge is -2.08. The molecule has 0 spiro atoms. The lowest BCUT2D eigenvalue weighted by molar-refractivity contribution is 0.198. The van der Waals surface area contributed by atoms with Crippen LogP contribution in [0.3, 0.4) is 0 Å². The number of aliphatic hydroxyl groups excluding tert-OH is 1. The zero-order chi connectivity index (χ0) is 14.1. The Morgan fingerprint density at radius 3 is 2.95 bits per heavy atom. The van der Waals surface area contributed by atoms with Crippen LogP contribution in [0.5, 0.6) is 5.75 Å². The third kappa shape index (κ3) is 2.80. The molecule has 0 amide bonds. The molecule has 1 N–H and O–H groups in total. The fraction of sp³-hybridized carbons (Fsp3) is 0.429. The number of hydrogen-bond acceptors (Lipinski definition) is 5. The fourth-order valence-electron chi connectivity index (χ4n) is 1.87. The molecule has 6 heteroatoms. The molecule has 1 aliphatic rings. The zero-order valence-corrected chi connectivity index (χ0v) is 11.0. The van der Waals surface area contributed by atoms with E-state index in [-0.39, 0.29) is 12.4 Å². The van der Waals surface area contributed by atoms with Crippen LogP contribution in [0.4, 0.5) is 4.39 Å². The maximum Gasteiger partial charge on any atom is 0.264 e. The van der Waals surface area contributed by atoms with Gasteiger partial charge in [-0.15, -0.1) is 0 Å². The fourth-order valence-corrected chi connectivity index (χ4v) is 1.87. The summed E-state index contributed by atoms with van der Waals surface area (Å²) in [6, 6.07) is 4.35. The molecule has 2 aromatic rings. The van der Waals surface area contributed by atoms with E-state index < -0.39 is 11.9 Å². The number of ether oxygens (including phenoxy) is 1. The maximum atomic E-state index is 13.8. The van der Waals surface area contributed by atoms with Crippen molar-refractivity contribution in [2.75, 3.05) is 0 Å². The van der Waals surface area contributed by atoms with Crippen LogP contribution >= 0.6 is 0 Å². The Morgan fingerprint density at radius 2 is 2.30 bits per heavy atom. The molecule has 106 valence electrons. The molecule has 0 bridgehead atoms. The Morgan fingerprint density at radius 1 is 1.50 bits per heavy atom. The van der Waals surface area contributed by atoms with Gasteiger partial charge < -0.3 is 14.4 Å². The summed E-state index contributed by atoms with van der Waals surface area (Å²) in [6.07, 6.45) is 1.47. The smallest absolute Gasteiger partial charge is 0.264 e. The topological polar surface area (TPSA) is 68.4 Å². The van der Waals surface area contributed by atoms with E-state index >= 15 is 0 Å². The first-order valence-electron chi connectivity index (χ1n) is 6.56. The SMILES string of the molecule is CC(O)c1ccc(OCc2nc(C3CC3)no2)c(F)c1. The number of nitrogens with zero attached hydrogens (tertiary/aromatic N) is 2. The van der Waals surface area contributed by atoms with Crippen molar-refractivity contribution in [1.29, 1.82) is 0 Å². The van der Waals surface area contributed by atoms with Crippen LogP contribution in [-0.4, -0.2) is 15.2 Å². The van der Waals surface area contributed by atoms with Gasteiger partial charge in [-0.2, -0.15) is 4.98 Å². The average molecular weight is 278 g/mol. The molecule has 1 saturated carbocycles. The van der Waals surface area contributed by atoms with Gasteiger partial charge >= 0.3 is 0 Å². The first kappa shape index (κ1) is 13.1. The van der Waals surface area contributed by atoms with E-state index in [1.807, 2.05) is 0 Å². The van der Waals surface area contributed by atoms with Gasteiger partial charge in [0.25, 0.3) is 5.89 Å². The van der Waals surface area contributed by atoms with Crippen molar-refractivity contribution in [2.45, 2.75) is 38.4 Å². The molecule has 5 nitrogen and oxygen atoms in total. The van der Waals surface area contributed by atoms with Crippen molar-refractivity contribution in [3.05, 3.63) is 41.3 Å². The molecule has 1 aliphatic carbocycles. The molecular weight excluding hydrogens is 263 g/mol. The summed E-state index contributed by atoms with van der Waals surface area (Å²) in [5.74, 6) is 1.03. The monoisotopic (exact) mass is 278 g/mol. The van der Waals surface area contributed by atoms with Gasteiger partial charge in [-0.05, 0) is 37.5 Å². The summed E-state index contributed by atoms with van der Waals surface area (Å²) in [4.78, 5) is 4.20. The second-order valence-electron chi connectivity index (χ2n) is 4.98. The summed E-state index contributed by atoms with van der Waals surface area (Å²) in [5.41, 5.74) is 0.503. The predicted molar refractivity (Wildman–Crippen MR) is 67.6 cm³/mol. The Balaban J connectivity index is 1.65. The normalized spacial score (nSPS) is 16.1. The van der Waals surface area contributed by atoms with Crippen LogP contribution in [0.15, 0.2) is 22.7 Å². The molecule has 0 aliphatic heterocycles. The molecule has 1 fully saturated rings. The summed E-state index contributed by atoms with van der Waals surface area (Å²) in [7, 11) is 0. The van der Waals surface area contributed by atoms with Crippen LogP contribution in [0.1, 0.15) is 49.1 Å². The number of aliphatic hydroxyl groups is 1. The highest BCUT2D eigenvalue weighted by Gasteiger charge is 2.28. The Bertz CT molecular complexity index is 608. The van der Waals surface area contributed by atoms with Crippen LogP contribution < -0.4 is 4.74 Å². The molecule has 1 aromatic carbocycles. The molecular formula is C14H15FN2O3. The lowest BCUT2D eigenvalue weighted by Crippen LogP contribution is -1.99. The Kier molecular flexibility index (Phi) is 3.40. The predicted octanol–water partition coefficient (Wildman–Crippen LogP) is 2.72. The highest BCUT2D eigenvalue weighted by molar-refractivity contribution is 5.30. The van der Waals surface area contributed by atoms with Crippen molar-refractivity contribution in [3.63, 3.8) is 0 Å². The maximum absolute atomic E-state index is 13.8. The van der Waals surface area contributed by atoms with Crippen molar-refractivity contribution in [1.82, 2.24) is 10.1 Å².